The average molecular weight is 234 g/mol. The van der Waals surface area contributed by atoms with E-state index in [1.807, 2.05) is 13.8 Å². The molecule has 3 heteroatoms. The molecule has 0 atom stereocenters. The van der Waals surface area contributed by atoms with Crippen molar-refractivity contribution in [2.45, 2.75) is 26.7 Å². The van der Waals surface area contributed by atoms with E-state index in [0.29, 0.717) is 24.4 Å². The normalized spacial score (nSPS) is 11.1. The van der Waals surface area contributed by atoms with Gasteiger partial charge in [0.1, 0.15) is 0 Å². The van der Waals surface area contributed by atoms with Crippen LogP contribution >= 0.6 is 0 Å². The fourth-order valence-electron chi connectivity index (χ4n) is 0.843. The fourth-order valence-corrected chi connectivity index (χ4v) is 0.843. The Kier molecular flexibility index (Phi) is 9.76. The van der Waals surface area contributed by atoms with Crippen LogP contribution in [0.2, 0.25) is 0 Å². The summed E-state index contributed by atoms with van der Waals surface area (Å²) in [4.78, 5) is 0. The second kappa shape index (κ2) is 10.8. The molecule has 0 amide bonds. The van der Waals surface area contributed by atoms with E-state index in [4.69, 9.17) is 14.9 Å². The topological polar surface area (TPSA) is 49.7 Å². The van der Waals surface area contributed by atoms with Crippen molar-refractivity contribution in [1.82, 2.24) is 0 Å². The SMILES string of the molecule is CC=C(C#CCCO)OC(C#CCCO)=CC. The predicted molar refractivity (Wildman–Crippen MR) is 67.6 cm³/mol. The maximum atomic E-state index is 8.60. The van der Waals surface area contributed by atoms with Crippen LogP contribution in [0.5, 0.6) is 0 Å². The Hall–Kier alpha value is -1.68. The minimum absolute atomic E-state index is 0.0385. The van der Waals surface area contributed by atoms with Gasteiger partial charge in [0.05, 0.1) is 13.2 Å². The lowest BCUT2D eigenvalue weighted by molar-refractivity contribution is 0.304. The first-order valence-electron chi connectivity index (χ1n) is 5.48. The second-order valence-corrected chi connectivity index (χ2v) is 2.96. The molecule has 0 aliphatic heterocycles. The highest BCUT2D eigenvalue weighted by Gasteiger charge is 1.95. The lowest BCUT2D eigenvalue weighted by Crippen LogP contribution is -1.90. The predicted octanol–water partition coefficient (Wildman–Crippen LogP) is 1.58. The highest BCUT2D eigenvalue weighted by molar-refractivity contribution is 5.30. The Morgan fingerprint density at radius 1 is 0.941 bits per heavy atom. The Bertz CT molecular complexity index is 345. The maximum absolute atomic E-state index is 8.60. The molecular weight excluding hydrogens is 216 g/mol. The summed E-state index contributed by atoms with van der Waals surface area (Å²) < 4.78 is 5.45. The van der Waals surface area contributed by atoms with Crippen LogP contribution in [0.15, 0.2) is 23.7 Å². The first-order valence-corrected chi connectivity index (χ1v) is 5.48. The Morgan fingerprint density at radius 2 is 1.35 bits per heavy atom. The lowest BCUT2D eigenvalue weighted by Gasteiger charge is -2.02. The molecule has 0 fully saturated rings. The van der Waals surface area contributed by atoms with E-state index >= 15 is 0 Å². The molecule has 0 saturated heterocycles. The summed E-state index contributed by atoms with van der Waals surface area (Å²) in [6.07, 6.45) is 4.31. The van der Waals surface area contributed by atoms with E-state index in [9.17, 15) is 0 Å². The summed E-state index contributed by atoms with van der Waals surface area (Å²) in [5.41, 5.74) is 0. The van der Waals surface area contributed by atoms with Gasteiger partial charge in [-0.25, -0.2) is 0 Å². The van der Waals surface area contributed by atoms with Crippen LogP contribution in [-0.4, -0.2) is 23.4 Å². The van der Waals surface area contributed by atoms with Gasteiger partial charge in [-0.05, 0) is 37.8 Å². The third kappa shape index (κ3) is 8.16. The third-order valence-corrected chi connectivity index (χ3v) is 1.64. The molecule has 0 heterocycles. The van der Waals surface area contributed by atoms with E-state index in [1.165, 1.54) is 0 Å². The number of hydrogen-bond acceptors (Lipinski definition) is 3. The van der Waals surface area contributed by atoms with Crippen LogP contribution in [0.3, 0.4) is 0 Å². The molecule has 0 bridgehead atoms. The van der Waals surface area contributed by atoms with Crippen molar-refractivity contribution < 1.29 is 14.9 Å². The quantitative estimate of drug-likeness (QED) is 0.573. The van der Waals surface area contributed by atoms with Gasteiger partial charge in [0.25, 0.3) is 0 Å². The molecule has 0 saturated carbocycles. The molecule has 0 aromatic heterocycles. The van der Waals surface area contributed by atoms with Crippen molar-refractivity contribution in [3.8, 4) is 23.7 Å². The smallest absolute Gasteiger partial charge is 0.174 e. The zero-order valence-electron chi connectivity index (χ0n) is 10.3. The number of rotatable bonds is 4. The molecule has 0 aliphatic rings. The summed E-state index contributed by atoms with van der Waals surface area (Å²) in [6.45, 7) is 3.71. The molecular formula is C14H18O3. The van der Waals surface area contributed by atoms with Crippen molar-refractivity contribution >= 4 is 0 Å². The largest absolute Gasteiger partial charge is 0.440 e. The summed E-state index contributed by atoms with van der Waals surface area (Å²) in [5.74, 6) is 12.2. The lowest BCUT2D eigenvalue weighted by atomic mass is 10.3. The Balaban J connectivity index is 4.48. The Labute approximate surface area is 103 Å². The molecule has 0 aromatic rings. The van der Waals surface area contributed by atoms with Gasteiger partial charge < -0.3 is 14.9 Å². The van der Waals surface area contributed by atoms with Crippen molar-refractivity contribution in [2.75, 3.05) is 13.2 Å². The highest BCUT2D eigenvalue weighted by atomic mass is 16.5. The molecule has 0 radical (unpaired) electrons. The first-order chi connectivity index (χ1) is 8.28. The molecule has 0 aliphatic carbocycles. The maximum Gasteiger partial charge on any atom is 0.174 e. The number of aliphatic hydroxyl groups excluding tert-OH is 2. The van der Waals surface area contributed by atoms with Gasteiger partial charge in [-0.3, -0.25) is 0 Å². The van der Waals surface area contributed by atoms with Crippen LogP contribution < -0.4 is 0 Å². The molecule has 0 spiro atoms. The van der Waals surface area contributed by atoms with Gasteiger partial charge in [0.15, 0.2) is 11.5 Å². The number of hydrogen-bond donors (Lipinski definition) is 2. The van der Waals surface area contributed by atoms with Gasteiger partial charge in [-0.2, -0.15) is 0 Å². The van der Waals surface area contributed by atoms with Crippen LogP contribution in [0.1, 0.15) is 26.7 Å². The van der Waals surface area contributed by atoms with E-state index in [0.717, 1.165) is 0 Å². The van der Waals surface area contributed by atoms with Crippen LogP contribution in [0.25, 0.3) is 0 Å². The highest BCUT2D eigenvalue weighted by Crippen LogP contribution is 2.04. The third-order valence-electron chi connectivity index (χ3n) is 1.64. The van der Waals surface area contributed by atoms with Gasteiger partial charge in [-0.15, -0.1) is 0 Å². The van der Waals surface area contributed by atoms with E-state index < -0.39 is 0 Å². The first kappa shape index (κ1) is 15.3. The second-order valence-electron chi connectivity index (χ2n) is 2.96. The Morgan fingerprint density at radius 3 is 1.65 bits per heavy atom. The van der Waals surface area contributed by atoms with Crippen LogP contribution in [0.4, 0.5) is 0 Å². The van der Waals surface area contributed by atoms with Gasteiger partial charge >= 0.3 is 0 Å². The summed E-state index contributed by atoms with van der Waals surface area (Å²) in [5, 5.41) is 17.2. The number of aliphatic hydroxyl groups is 2. The molecule has 17 heavy (non-hydrogen) atoms. The summed E-state index contributed by atoms with van der Waals surface area (Å²) in [7, 11) is 0. The monoisotopic (exact) mass is 234 g/mol. The molecule has 92 valence electrons. The molecule has 3 nitrogen and oxygen atoms in total. The van der Waals surface area contributed by atoms with E-state index in [2.05, 4.69) is 23.7 Å². The molecule has 0 unspecified atom stereocenters. The van der Waals surface area contributed by atoms with Crippen LogP contribution in [-0.2, 0) is 4.74 Å². The van der Waals surface area contributed by atoms with E-state index in [1.54, 1.807) is 12.2 Å². The zero-order valence-corrected chi connectivity index (χ0v) is 10.3. The van der Waals surface area contributed by atoms with Crippen molar-refractivity contribution in [3.63, 3.8) is 0 Å². The molecule has 0 rings (SSSR count). The van der Waals surface area contributed by atoms with Gasteiger partial charge in [-0.1, -0.05) is 11.8 Å². The molecule has 0 aromatic carbocycles. The van der Waals surface area contributed by atoms with Crippen molar-refractivity contribution in [2.24, 2.45) is 0 Å². The average Bonchev–Trinajstić information content (AvgIpc) is 2.36. The summed E-state index contributed by atoms with van der Waals surface area (Å²) >= 11 is 0. The van der Waals surface area contributed by atoms with E-state index in [-0.39, 0.29) is 13.2 Å². The standard InChI is InChI=1S/C14H18O3/c1-3-13(9-5-7-11-15)17-14(4-2)10-6-8-12-16/h3-4,15-16H,7-8,11-12H2,1-2H3. The van der Waals surface area contributed by atoms with Gasteiger partial charge in [0, 0.05) is 12.8 Å². The van der Waals surface area contributed by atoms with Crippen molar-refractivity contribution in [1.29, 1.82) is 0 Å². The number of allylic oxidation sites excluding steroid dienone is 4. The number of ether oxygens (including phenoxy) is 1. The zero-order chi connectivity index (χ0) is 12.9. The van der Waals surface area contributed by atoms with Crippen molar-refractivity contribution in [3.05, 3.63) is 23.7 Å². The molecule has 2 N–H and O–H groups in total. The minimum Gasteiger partial charge on any atom is -0.440 e. The van der Waals surface area contributed by atoms with Crippen LogP contribution in [0, 0.1) is 23.7 Å². The fraction of sp³-hybridized carbons (Fsp3) is 0.429. The minimum atomic E-state index is 0.0385. The van der Waals surface area contributed by atoms with Gasteiger partial charge in [0.2, 0.25) is 0 Å². The summed E-state index contributed by atoms with van der Waals surface area (Å²) in [6, 6.07) is 0.